The molecule has 1 aromatic carbocycles. The first-order chi connectivity index (χ1) is 9.31. The molecular formula is C15H23ClN2O2. The van der Waals surface area contributed by atoms with E-state index in [4.69, 9.17) is 10.5 Å². The summed E-state index contributed by atoms with van der Waals surface area (Å²) in [5.41, 5.74) is 6.89. The van der Waals surface area contributed by atoms with Gasteiger partial charge in [-0.3, -0.25) is 4.79 Å². The number of ether oxygens (including phenoxy) is 1. The van der Waals surface area contributed by atoms with E-state index in [2.05, 4.69) is 12.1 Å². The lowest BCUT2D eigenvalue weighted by molar-refractivity contribution is -0.136. The van der Waals surface area contributed by atoms with E-state index < -0.39 is 0 Å². The van der Waals surface area contributed by atoms with Gasteiger partial charge in [0.2, 0.25) is 5.91 Å². The van der Waals surface area contributed by atoms with Crippen molar-refractivity contribution in [2.24, 2.45) is 5.73 Å². The Morgan fingerprint density at radius 3 is 2.80 bits per heavy atom. The Morgan fingerprint density at radius 1 is 1.35 bits per heavy atom. The summed E-state index contributed by atoms with van der Waals surface area (Å²) < 4.78 is 5.47. The summed E-state index contributed by atoms with van der Waals surface area (Å²) in [4.78, 5) is 13.8. The van der Waals surface area contributed by atoms with Gasteiger partial charge in [-0.1, -0.05) is 30.3 Å². The summed E-state index contributed by atoms with van der Waals surface area (Å²) in [7, 11) is 0. The lowest BCUT2D eigenvalue weighted by Gasteiger charge is -2.23. The van der Waals surface area contributed by atoms with E-state index in [1.165, 1.54) is 5.56 Å². The van der Waals surface area contributed by atoms with Crippen molar-refractivity contribution in [1.29, 1.82) is 0 Å². The van der Waals surface area contributed by atoms with Gasteiger partial charge in [0.25, 0.3) is 0 Å². The molecule has 1 aliphatic rings. The fraction of sp³-hybridized carbons (Fsp3) is 0.533. The van der Waals surface area contributed by atoms with E-state index in [9.17, 15) is 4.79 Å². The van der Waals surface area contributed by atoms with Crippen LogP contribution in [-0.2, 0) is 16.0 Å². The molecule has 1 atom stereocenters. The van der Waals surface area contributed by atoms with Gasteiger partial charge in [-0.2, -0.15) is 0 Å². The number of hydrogen-bond donors (Lipinski definition) is 1. The smallest absolute Gasteiger partial charge is 0.248 e. The Labute approximate surface area is 126 Å². The summed E-state index contributed by atoms with van der Waals surface area (Å²) in [6, 6.07) is 10.4. The zero-order chi connectivity index (χ0) is 13.5. The van der Waals surface area contributed by atoms with E-state index in [1.807, 2.05) is 23.1 Å². The lowest BCUT2D eigenvalue weighted by Crippen LogP contribution is -2.41. The van der Waals surface area contributed by atoms with Gasteiger partial charge in [0.1, 0.15) is 6.61 Å². The summed E-state index contributed by atoms with van der Waals surface area (Å²) in [5, 5.41) is 0. The molecule has 0 aromatic heterocycles. The molecule has 1 heterocycles. The van der Waals surface area contributed by atoms with E-state index in [-0.39, 0.29) is 31.0 Å². The van der Waals surface area contributed by atoms with Crippen molar-refractivity contribution in [3.63, 3.8) is 0 Å². The minimum Gasteiger partial charge on any atom is -0.371 e. The Kier molecular flexibility index (Phi) is 7.59. The second kappa shape index (κ2) is 8.95. The number of amides is 1. The lowest BCUT2D eigenvalue weighted by atomic mass is 10.2. The Morgan fingerprint density at radius 2 is 2.10 bits per heavy atom. The summed E-state index contributed by atoms with van der Waals surface area (Å²) >= 11 is 0. The van der Waals surface area contributed by atoms with Gasteiger partial charge < -0.3 is 15.4 Å². The molecule has 20 heavy (non-hydrogen) atoms. The molecule has 1 amide bonds. The summed E-state index contributed by atoms with van der Waals surface area (Å²) in [5.74, 6) is 0.0704. The second-order valence-corrected chi connectivity index (χ2v) is 4.91. The summed E-state index contributed by atoms with van der Waals surface area (Å²) in [6.45, 7) is 2.12. The number of halogens is 1. The molecule has 0 radical (unpaired) electrons. The van der Waals surface area contributed by atoms with Crippen LogP contribution in [0.4, 0.5) is 0 Å². The average molecular weight is 299 g/mol. The van der Waals surface area contributed by atoms with Gasteiger partial charge >= 0.3 is 0 Å². The standard InChI is InChI=1S/C15H22N2O2.ClH/c16-11-14-7-4-9-17(14)15(18)12-19-10-8-13-5-2-1-3-6-13;/h1-3,5-6,14H,4,7-12,16H2;1H. The molecule has 1 aromatic rings. The van der Waals surface area contributed by atoms with Gasteiger partial charge in [-0.05, 0) is 24.8 Å². The third-order valence-corrected chi connectivity index (χ3v) is 3.57. The van der Waals surface area contributed by atoms with Crippen LogP contribution in [0.15, 0.2) is 30.3 Å². The largest absolute Gasteiger partial charge is 0.371 e. The Bertz CT molecular complexity index is 400. The highest BCUT2D eigenvalue weighted by Crippen LogP contribution is 2.16. The van der Waals surface area contributed by atoms with E-state index in [1.54, 1.807) is 0 Å². The molecule has 0 aliphatic carbocycles. The maximum Gasteiger partial charge on any atom is 0.248 e. The fourth-order valence-corrected chi connectivity index (χ4v) is 2.49. The number of rotatable bonds is 6. The van der Waals surface area contributed by atoms with Crippen molar-refractivity contribution in [1.82, 2.24) is 4.90 Å². The minimum absolute atomic E-state index is 0. The van der Waals surface area contributed by atoms with Crippen molar-refractivity contribution in [3.8, 4) is 0 Å². The molecule has 1 unspecified atom stereocenters. The average Bonchev–Trinajstić information content (AvgIpc) is 2.93. The van der Waals surface area contributed by atoms with Crippen molar-refractivity contribution >= 4 is 18.3 Å². The van der Waals surface area contributed by atoms with Gasteiger partial charge in [-0.15, -0.1) is 12.4 Å². The van der Waals surface area contributed by atoms with Crippen LogP contribution in [0.3, 0.4) is 0 Å². The fourth-order valence-electron chi connectivity index (χ4n) is 2.49. The van der Waals surface area contributed by atoms with Gasteiger partial charge in [-0.25, -0.2) is 0 Å². The van der Waals surface area contributed by atoms with Gasteiger partial charge in [0.05, 0.1) is 6.61 Å². The molecular weight excluding hydrogens is 276 g/mol. The number of carbonyl (C=O) groups is 1. The van der Waals surface area contributed by atoms with Gasteiger partial charge in [0.15, 0.2) is 0 Å². The number of carbonyl (C=O) groups excluding carboxylic acids is 1. The monoisotopic (exact) mass is 298 g/mol. The highest BCUT2D eigenvalue weighted by atomic mass is 35.5. The van der Waals surface area contributed by atoms with E-state index >= 15 is 0 Å². The first kappa shape index (κ1) is 17.0. The molecule has 112 valence electrons. The molecule has 2 rings (SSSR count). The molecule has 0 spiro atoms. The molecule has 1 aliphatic heterocycles. The first-order valence-electron chi connectivity index (χ1n) is 6.92. The molecule has 4 nitrogen and oxygen atoms in total. The third-order valence-electron chi connectivity index (χ3n) is 3.57. The number of likely N-dealkylation sites (tertiary alicyclic amines) is 1. The summed E-state index contributed by atoms with van der Waals surface area (Å²) in [6.07, 6.45) is 2.91. The maximum absolute atomic E-state index is 12.0. The van der Waals surface area contributed by atoms with Crippen LogP contribution >= 0.6 is 12.4 Å². The highest BCUT2D eigenvalue weighted by molar-refractivity contribution is 5.85. The maximum atomic E-state index is 12.0. The molecule has 1 saturated heterocycles. The van der Waals surface area contributed by atoms with Crippen LogP contribution in [-0.4, -0.2) is 43.2 Å². The topological polar surface area (TPSA) is 55.6 Å². The van der Waals surface area contributed by atoms with Crippen LogP contribution in [0, 0.1) is 0 Å². The molecule has 2 N–H and O–H groups in total. The SMILES string of the molecule is Cl.NCC1CCCN1C(=O)COCCc1ccccc1. The van der Waals surface area contributed by atoms with Crippen molar-refractivity contribution in [2.75, 3.05) is 26.3 Å². The van der Waals surface area contributed by atoms with Crippen LogP contribution in [0.2, 0.25) is 0 Å². The van der Waals surface area contributed by atoms with Crippen molar-refractivity contribution in [3.05, 3.63) is 35.9 Å². The first-order valence-corrected chi connectivity index (χ1v) is 6.92. The predicted molar refractivity (Wildman–Crippen MR) is 82.0 cm³/mol. The van der Waals surface area contributed by atoms with Crippen LogP contribution in [0.25, 0.3) is 0 Å². The molecule has 0 saturated carbocycles. The zero-order valence-corrected chi connectivity index (χ0v) is 12.5. The van der Waals surface area contributed by atoms with Crippen molar-refractivity contribution in [2.45, 2.75) is 25.3 Å². The number of hydrogen-bond acceptors (Lipinski definition) is 3. The minimum atomic E-state index is 0. The quantitative estimate of drug-likeness (QED) is 0.812. The highest BCUT2D eigenvalue weighted by Gasteiger charge is 2.27. The molecule has 1 fully saturated rings. The molecule has 0 bridgehead atoms. The second-order valence-electron chi connectivity index (χ2n) is 4.91. The third kappa shape index (κ3) is 4.78. The van der Waals surface area contributed by atoms with E-state index in [0.29, 0.717) is 13.2 Å². The zero-order valence-electron chi connectivity index (χ0n) is 11.7. The molecule has 5 heteroatoms. The Hall–Kier alpha value is -1.10. The Balaban J connectivity index is 0.00000200. The number of nitrogens with zero attached hydrogens (tertiary/aromatic N) is 1. The van der Waals surface area contributed by atoms with Crippen LogP contribution in [0.5, 0.6) is 0 Å². The predicted octanol–water partition coefficient (Wildman–Crippen LogP) is 1.62. The van der Waals surface area contributed by atoms with Gasteiger partial charge in [0, 0.05) is 19.1 Å². The normalized spacial score (nSPS) is 17.9. The number of benzene rings is 1. The van der Waals surface area contributed by atoms with Crippen LogP contribution < -0.4 is 5.73 Å². The van der Waals surface area contributed by atoms with Crippen LogP contribution in [0.1, 0.15) is 18.4 Å². The number of nitrogens with two attached hydrogens (primary N) is 1. The van der Waals surface area contributed by atoms with Crippen molar-refractivity contribution < 1.29 is 9.53 Å². The van der Waals surface area contributed by atoms with E-state index in [0.717, 1.165) is 25.8 Å².